The molecule has 0 bridgehead atoms. The topological polar surface area (TPSA) is 56.3 Å². The van der Waals surface area contributed by atoms with Gasteiger partial charge in [0.2, 0.25) is 11.8 Å². The van der Waals surface area contributed by atoms with E-state index < -0.39 is 30.4 Å². The van der Waals surface area contributed by atoms with Crippen molar-refractivity contribution in [3.05, 3.63) is 36.0 Å². The van der Waals surface area contributed by atoms with Crippen LogP contribution in [0.25, 0.3) is 0 Å². The molecular weight excluding hydrogens is 380 g/mol. The third-order valence-corrected chi connectivity index (χ3v) is 3.02. The summed E-state index contributed by atoms with van der Waals surface area (Å²) < 4.78 is 85.1. The standard InChI is InChI=1S/C16H15F6N3O2/c1-2-7-26-11-5-3-10(4-6-11)24-14-23-8-12(16(20,21)22)13(25-14)27-9-15(17,18)19/h3-6,8H,2,7,9H2,1H3,(H,23,24,25). The summed E-state index contributed by atoms with van der Waals surface area (Å²) in [7, 11) is 0. The van der Waals surface area contributed by atoms with Gasteiger partial charge in [-0.25, -0.2) is 4.98 Å². The Morgan fingerprint density at radius 2 is 1.67 bits per heavy atom. The molecule has 0 atom stereocenters. The Morgan fingerprint density at radius 1 is 1.00 bits per heavy atom. The predicted octanol–water partition coefficient (Wildman–Crippen LogP) is 4.97. The molecule has 27 heavy (non-hydrogen) atoms. The van der Waals surface area contributed by atoms with Crippen LogP contribution in [0.5, 0.6) is 11.6 Å². The van der Waals surface area contributed by atoms with Crippen LogP contribution in [0.2, 0.25) is 0 Å². The van der Waals surface area contributed by atoms with Gasteiger partial charge in [0.05, 0.1) is 6.61 Å². The summed E-state index contributed by atoms with van der Waals surface area (Å²) in [5.74, 6) is -0.965. The first-order valence-corrected chi connectivity index (χ1v) is 7.72. The van der Waals surface area contributed by atoms with Gasteiger partial charge in [0.15, 0.2) is 6.61 Å². The van der Waals surface area contributed by atoms with E-state index in [4.69, 9.17) is 4.74 Å². The van der Waals surface area contributed by atoms with Gasteiger partial charge in [-0.2, -0.15) is 31.3 Å². The molecule has 1 heterocycles. The van der Waals surface area contributed by atoms with Gasteiger partial charge in [-0.3, -0.25) is 0 Å². The van der Waals surface area contributed by atoms with E-state index in [0.29, 0.717) is 24.2 Å². The molecule has 0 saturated carbocycles. The third-order valence-electron chi connectivity index (χ3n) is 3.02. The average molecular weight is 395 g/mol. The Labute approximate surface area is 150 Å². The molecule has 11 heteroatoms. The van der Waals surface area contributed by atoms with Crippen molar-refractivity contribution in [2.45, 2.75) is 25.7 Å². The number of halogens is 6. The lowest BCUT2D eigenvalue weighted by molar-refractivity contribution is -0.159. The molecule has 0 saturated heterocycles. The van der Waals surface area contributed by atoms with Gasteiger partial charge in [-0.15, -0.1) is 0 Å². The van der Waals surface area contributed by atoms with Gasteiger partial charge >= 0.3 is 12.4 Å². The smallest absolute Gasteiger partial charge is 0.423 e. The largest absolute Gasteiger partial charge is 0.494 e. The Hall–Kier alpha value is -2.72. The number of hydrogen-bond acceptors (Lipinski definition) is 5. The van der Waals surface area contributed by atoms with Gasteiger partial charge in [0.1, 0.15) is 11.3 Å². The van der Waals surface area contributed by atoms with E-state index in [1.165, 1.54) is 0 Å². The number of ether oxygens (including phenoxy) is 2. The number of benzene rings is 1. The molecule has 0 radical (unpaired) electrons. The maximum Gasteiger partial charge on any atom is 0.423 e. The van der Waals surface area contributed by atoms with Gasteiger partial charge < -0.3 is 14.8 Å². The fourth-order valence-corrected chi connectivity index (χ4v) is 1.86. The molecule has 0 aliphatic heterocycles. The van der Waals surface area contributed by atoms with Crippen molar-refractivity contribution in [1.82, 2.24) is 9.97 Å². The lowest BCUT2D eigenvalue weighted by Gasteiger charge is -2.15. The number of alkyl halides is 6. The molecule has 2 aromatic rings. The van der Waals surface area contributed by atoms with Crippen LogP contribution in [0.1, 0.15) is 18.9 Å². The number of nitrogens with one attached hydrogen (secondary N) is 1. The molecule has 0 spiro atoms. The first-order valence-electron chi connectivity index (χ1n) is 7.72. The minimum atomic E-state index is -4.96. The normalized spacial score (nSPS) is 12.0. The SMILES string of the molecule is CCCOc1ccc(Nc2ncc(C(F)(F)F)c(OCC(F)(F)F)n2)cc1. The third kappa shape index (κ3) is 6.50. The Bertz CT molecular complexity index is 747. The molecule has 0 aliphatic rings. The lowest BCUT2D eigenvalue weighted by Crippen LogP contribution is -2.22. The van der Waals surface area contributed by atoms with Gasteiger partial charge in [-0.05, 0) is 30.7 Å². The summed E-state index contributed by atoms with van der Waals surface area (Å²) in [6.07, 6.45) is -8.59. The van der Waals surface area contributed by atoms with E-state index in [2.05, 4.69) is 20.0 Å². The maximum absolute atomic E-state index is 12.9. The van der Waals surface area contributed by atoms with Gasteiger partial charge in [0.25, 0.3) is 0 Å². The zero-order valence-corrected chi connectivity index (χ0v) is 14.0. The second kappa shape index (κ2) is 8.31. The van der Waals surface area contributed by atoms with Gasteiger partial charge in [-0.1, -0.05) is 6.92 Å². The fraction of sp³-hybridized carbons (Fsp3) is 0.375. The number of anilines is 2. The molecule has 0 unspecified atom stereocenters. The van der Waals surface area contributed by atoms with E-state index in [9.17, 15) is 26.3 Å². The number of hydrogen-bond donors (Lipinski definition) is 1. The zero-order chi connectivity index (χ0) is 20.1. The first-order chi connectivity index (χ1) is 12.6. The van der Waals surface area contributed by atoms with E-state index in [1.807, 2.05) is 6.92 Å². The van der Waals surface area contributed by atoms with E-state index in [-0.39, 0.29) is 5.95 Å². The molecule has 0 amide bonds. The predicted molar refractivity (Wildman–Crippen MR) is 84.1 cm³/mol. The average Bonchev–Trinajstić information content (AvgIpc) is 2.58. The number of rotatable bonds is 7. The lowest BCUT2D eigenvalue weighted by atomic mass is 10.3. The molecule has 5 nitrogen and oxygen atoms in total. The van der Waals surface area contributed by atoms with E-state index in [1.54, 1.807) is 24.3 Å². The van der Waals surface area contributed by atoms with Crippen molar-refractivity contribution < 1.29 is 35.8 Å². The summed E-state index contributed by atoms with van der Waals surface area (Å²) in [5, 5.41) is 2.60. The molecular formula is C16H15F6N3O2. The van der Waals surface area contributed by atoms with Gasteiger partial charge in [0, 0.05) is 11.9 Å². The summed E-state index contributed by atoms with van der Waals surface area (Å²) in [6.45, 7) is 0.557. The van der Waals surface area contributed by atoms with Crippen molar-refractivity contribution in [2.24, 2.45) is 0 Å². The monoisotopic (exact) mass is 395 g/mol. The van der Waals surface area contributed by atoms with Crippen molar-refractivity contribution >= 4 is 11.6 Å². The second-order valence-corrected chi connectivity index (χ2v) is 5.31. The highest BCUT2D eigenvalue weighted by atomic mass is 19.4. The van der Waals surface area contributed by atoms with Crippen LogP contribution in [0.15, 0.2) is 30.5 Å². The first kappa shape index (κ1) is 20.6. The molecule has 1 aromatic carbocycles. The molecule has 0 fully saturated rings. The minimum absolute atomic E-state index is 0.345. The van der Waals surface area contributed by atoms with Crippen molar-refractivity contribution in [3.63, 3.8) is 0 Å². The van der Waals surface area contributed by atoms with Crippen LogP contribution in [0.4, 0.5) is 38.0 Å². The summed E-state index contributed by atoms with van der Waals surface area (Å²) in [5.41, 5.74) is -1.10. The molecule has 148 valence electrons. The zero-order valence-electron chi connectivity index (χ0n) is 14.0. The molecule has 1 N–H and O–H groups in total. The van der Waals surface area contributed by atoms with Crippen LogP contribution in [-0.4, -0.2) is 29.4 Å². The summed E-state index contributed by atoms with van der Waals surface area (Å²) in [4.78, 5) is 6.90. The highest BCUT2D eigenvalue weighted by Crippen LogP contribution is 2.36. The molecule has 2 rings (SSSR count). The second-order valence-electron chi connectivity index (χ2n) is 5.31. The van der Waals surface area contributed by atoms with Crippen LogP contribution >= 0.6 is 0 Å². The summed E-state index contributed by atoms with van der Waals surface area (Å²) in [6, 6.07) is 6.34. The number of nitrogens with zero attached hydrogens (tertiary/aromatic N) is 2. The highest BCUT2D eigenvalue weighted by Gasteiger charge is 2.38. The molecule has 1 aromatic heterocycles. The fourth-order valence-electron chi connectivity index (χ4n) is 1.86. The Kier molecular flexibility index (Phi) is 6.34. The van der Waals surface area contributed by atoms with E-state index >= 15 is 0 Å². The summed E-state index contributed by atoms with van der Waals surface area (Å²) >= 11 is 0. The van der Waals surface area contributed by atoms with Crippen LogP contribution < -0.4 is 14.8 Å². The van der Waals surface area contributed by atoms with Crippen molar-refractivity contribution in [2.75, 3.05) is 18.5 Å². The minimum Gasteiger partial charge on any atom is -0.494 e. The Morgan fingerprint density at radius 3 is 2.22 bits per heavy atom. The quantitative estimate of drug-likeness (QED) is 0.671. The van der Waals surface area contributed by atoms with Crippen LogP contribution in [-0.2, 0) is 6.18 Å². The van der Waals surface area contributed by atoms with Crippen LogP contribution in [0, 0.1) is 0 Å². The van der Waals surface area contributed by atoms with Crippen LogP contribution in [0.3, 0.4) is 0 Å². The van der Waals surface area contributed by atoms with Crippen molar-refractivity contribution in [3.8, 4) is 11.6 Å². The Balaban J connectivity index is 2.19. The van der Waals surface area contributed by atoms with Crippen molar-refractivity contribution in [1.29, 1.82) is 0 Å². The maximum atomic E-state index is 12.9. The van der Waals surface area contributed by atoms with E-state index in [0.717, 1.165) is 6.42 Å². The highest BCUT2D eigenvalue weighted by molar-refractivity contribution is 5.55. The molecule has 0 aliphatic carbocycles. The number of aromatic nitrogens is 2.